The van der Waals surface area contributed by atoms with E-state index in [1.807, 2.05) is 36.4 Å². The van der Waals surface area contributed by atoms with E-state index in [9.17, 15) is 0 Å². The van der Waals surface area contributed by atoms with E-state index in [0.717, 1.165) is 93.6 Å². The number of para-hydroxylation sites is 2. The second-order valence-electron chi connectivity index (χ2n) is 12.7. The molecule has 0 aliphatic heterocycles. The molecule has 0 fully saturated rings. The highest BCUT2D eigenvalue weighted by Gasteiger charge is 2.27. The standard InChI is InChI=1S/C46H26O3/c1-2-12-27(13-3-1)46-45(44-39(49-46)25-24-38-43(44)35-19-9-11-21-37(35)47-38)42-33-17-6-4-15-31(33)41(32-16-5-7-18-34(32)42)28-22-23-30-29-14-8-10-20-36(29)48-40(30)26-28/h1-26H. The third kappa shape index (κ3) is 3.73. The van der Waals surface area contributed by atoms with E-state index in [2.05, 4.69) is 121 Å². The molecule has 3 heteroatoms. The Morgan fingerprint density at radius 3 is 1.47 bits per heavy atom. The minimum absolute atomic E-state index is 0.834. The number of hydrogen-bond acceptors (Lipinski definition) is 3. The molecule has 0 aliphatic rings. The lowest BCUT2D eigenvalue weighted by atomic mass is 9.84. The Kier molecular flexibility index (Phi) is 5.38. The van der Waals surface area contributed by atoms with Gasteiger partial charge in [-0.3, -0.25) is 0 Å². The quantitative estimate of drug-likeness (QED) is 0.183. The van der Waals surface area contributed by atoms with Gasteiger partial charge in [0, 0.05) is 43.6 Å². The van der Waals surface area contributed by atoms with Gasteiger partial charge in [-0.15, -0.1) is 0 Å². The molecule has 8 aromatic carbocycles. The molecule has 0 N–H and O–H groups in total. The van der Waals surface area contributed by atoms with Gasteiger partial charge < -0.3 is 13.3 Å². The summed E-state index contributed by atoms with van der Waals surface area (Å²) in [6.45, 7) is 0. The zero-order valence-corrected chi connectivity index (χ0v) is 26.2. The van der Waals surface area contributed by atoms with E-state index in [1.165, 1.54) is 16.3 Å². The van der Waals surface area contributed by atoms with Crippen molar-refractivity contribution in [1.82, 2.24) is 0 Å². The van der Waals surface area contributed by atoms with Gasteiger partial charge in [0.25, 0.3) is 0 Å². The SMILES string of the molecule is c1ccc(-c2oc3ccc4oc5ccccc5c4c3c2-c2c3ccccc3c(-c3ccc4c(c3)oc3ccccc34)c3ccccc23)cc1. The Morgan fingerprint density at radius 1 is 0.265 bits per heavy atom. The van der Waals surface area contributed by atoms with Crippen molar-refractivity contribution >= 4 is 76.4 Å². The van der Waals surface area contributed by atoms with Gasteiger partial charge in [-0.05, 0) is 69.1 Å². The highest BCUT2D eigenvalue weighted by molar-refractivity contribution is 6.30. The van der Waals surface area contributed by atoms with Gasteiger partial charge in [0.2, 0.25) is 0 Å². The molecule has 0 aliphatic carbocycles. The highest BCUT2D eigenvalue weighted by Crippen LogP contribution is 2.52. The monoisotopic (exact) mass is 626 g/mol. The van der Waals surface area contributed by atoms with Crippen LogP contribution in [0.4, 0.5) is 0 Å². The lowest BCUT2D eigenvalue weighted by molar-refractivity contribution is 0.632. The summed E-state index contributed by atoms with van der Waals surface area (Å²) in [7, 11) is 0. The molecular formula is C46H26O3. The molecule has 3 nitrogen and oxygen atoms in total. The van der Waals surface area contributed by atoms with Gasteiger partial charge in [-0.1, -0.05) is 121 Å². The molecule has 0 radical (unpaired) electrons. The number of rotatable bonds is 3. The van der Waals surface area contributed by atoms with Crippen molar-refractivity contribution in [3.05, 3.63) is 158 Å². The summed E-state index contributed by atoms with van der Waals surface area (Å²) in [5.41, 5.74) is 9.89. The largest absolute Gasteiger partial charge is 0.456 e. The van der Waals surface area contributed by atoms with E-state index >= 15 is 0 Å². The predicted octanol–water partition coefficient (Wildman–Crippen LogP) is 13.5. The minimum atomic E-state index is 0.834. The topological polar surface area (TPSA) is 39.4 Å². The third-order valence-electron chi connectivity index (χ3n) is 10.1. The van der Waals surface area contributed by atoms with Crippen LogP contribution in [0.25, 0.3) is 110 Å². The first-order chi connectivity index (χ1) is 24.3. The van der Waals surface area contributed by atoms with Crippen molar-refractivity contribution in [2.24, 2.45) is 0 Å². The van der Waals surface area contributed by atoms with Gasteiger partial charge in [-0.2, -0.15) is 0 Å². The van der Waals surface area contributed by atoms with Gasteiger partial charge in [-0.25, -0.2) is 0 Å². The van der Waals surface area contributed by atoms with E-state index in [4.69, 9.17) is 13.3 Å². The van der Waals surface area contributed by atoms with Crippen LogP contribution in [0.15, 0.2) is 171 Å². The second-order valence-corrected chi connectivity index (χ2v) is 12.7. The summed E-state index contributed by atoms with van der Waals surface area (Å²) >= 11 is 0. The molecular weight excluding hydrogens is 601 g/mol. The maximum absolute atomic E-state index is 6.90. The van der Waals surface area contributed by atoms with Crippen LogP contribution in [0, 0.1) is 0 Å². The molecule has 0 saturated heterocycles. The van der Waals surface area contributed by atoms with E-state index in [0.29, 0.717) is 0 Å². The van der Waals surface area contributed by atoms with Crippen molar-refractivity contribution in [2.75, 3.05) is 0 Å². The number of benzene rings is 8. The fourth-order valence-corrected chi connectivity index (χ4v) is 8.03. The fourth-order valence-electron chi connectivity index (χ4n) is 8.03. The summed E-state index contributed by atoms with van der Waals surface area (Å²) in [6.07, 6.45) is 0. The normalized spacial score (nSPS) is 12.1. The molecule has 3 aromatic heterocycles. The molecule has 11 aromatic rings. The first-order valence-electron chi connectivity index (χ1n) is 16.6. The molecule has 0 bridgehead atoms. The van der Waals surface area contributed by atoms with Crippen LogP contribution in [0.3, 0.4) is 0 Å². The maximum Gasteiger partial charge on any atom is 0.143 e. The molecule has 0 atom stereocenters. The maximum atomic E-state index is 6.90. The van der Waals surface area contributed by atoms with Crippen molar-refractivity contribution in [2.45, 2.75) is 0 Å². The van der Waals surface area contributed by atoms with Crippen LogP contribution in [-0.2, 0) is 0 Å². The fraction of sp³-hybridized carbons (Fsp3) is 0. The molecule has 228 valence electrons. The van der Waals surface area contributed by atoms with E-state index < -0.39 is 0 Å². The minimum Gasteiger partial charge on any atom is -0.456 e. The highest BCUT2D eigenvalue weighted by atomic mass is 16.3. The summed E-state index contributed by atoms with van der Waals surface area (Å²) in [5.74, 6) is 0.847. The van der Waals surface area contributed by atoms with Crippen molar-refractivity contribution in [3.8, 4) is 33.6 Å². The zero-order chi connectivity index (χ0) is 32.1. The molecule has 0 spiro atoms. The summed E-state index contributed by atoms with van der Waals surface area (Å²) in [6, 6.07) is 55.3. The Bertz CT molecular complexity index is 3040. The van der Waals surface area contributed by atoms with Crippen molar-refractivity contribution < 1.29 is 13.3 Å². The van der Waals surface area contributed by atoms with Gasteiger partial charge >= 0.3 is 0 Å². The first kappa shape index (κ1) is 26.5. The molecule has 49 heavy (non-hydrogen) atoms. The third-order valence-corrected chi connectivity index (χ3v) is 10.1. The van der Waals surface area contributed by atoms with E-state index in [-0.39, 0.29) is 0 Å². The lowest BCUT2D eigenvalue weighted by Gasteiger charge is -2.18. The van der Waals surface area contributed by atoms with Crippen LogP contribution in [0.5, 0.6) is 0 Å². The Hall–Kier alpha value is -6.58. The Balaban J connectivity index is 1.31. The van der Waals surface area contributed by atoms with Crippen LogP contribution < -0.4 is 0 Å². The summed E-state index contributed by atoms with van der Waals surface area (Å²) in [4.78, 5) is 0. The van der Waals surface area contributed by atoms with Crippen molar-refractivity contribution in [1.29, 1.82) is 0 Å². The van der Waals surface area contributed by atoms with Gasteiger partial charge in [0.05, 0.1) is 0 Å². The average Bonchev–Trinajstić information content (AvgIpc) is 3.85. The summed E-state index contributed by atoms with van der Waals surface area (Å²) in [5, 5.41) is 10.1. The van der Waals surface area contributed by atoms with E-state index in [1.54, 1.807) is 0 Å². The smallest absolute Gasteiger partial charge is 0.143 e. The predicted molar refractivity (Wildman–Crippen MR) is 202 cm³/mol. The number of hydrogen-bond donors (Lipinski definition) is 0. The molecule has 0 saturated carbocycles. The number of furan rings is 3. The average molecular weight is 627 g/mol. The van der Waals surface area contributed by atoms with Crippen LogP contribution in [0.1, 0.15) is 0 Å². The van der Waals surface area contributed by atoms with Gasteiger partial charge in [0.1, 0.15) is 33.7 Å². The lowest BCUT2D eigenvalue weighted by Crippen LogP contribution is -1.91. The molecule has 0 amide bonds. The molecule has 11 rings (SSSR count). The first-order valence-corrected chi connectivity index (χ1v) is 16.6. The Morgan fingerprint density at radius 2 is 0.776 bits per heavy atom. The van der Waals surface area contributed by atoms with Crippen molar-refractivity contribution in [3.63, 3.8) is 0 Å². The zero-order valence-electron chi connectivity index (χ0n) is 26.2. The molecule has 3 heterocycles. The Labute approximate surface area is 280 Å². The van der Waals surface area contributed by atoms with Crippen LogP contribution in [0.2, 0.25) is 0 Å². The number of fused-ring (bicyclic) bond motifs is 10. The second kappa shape index (κ2) is 9.96. The summed E-state index contributed by atoms with van der Waals surface area (Å²) < 4.78 is 19.7. The van der Waals surface area contributed by atoms with Gasteiger partial charge in [0.15, 0.2) is 0 Å². The molecule has 0 unspecified atom stereocenters. The van der Waals surface area contributed by atoms with Crippen LogP contribution in [-0.4, -0.2) is 0 Å². The van der Waals surface area contributed by atoms with Crippen LogP contribution >= 0.6 is 0 Å².